The molecule has 0 N–H and O–H groups in total. The third-order valence-electron chi connectivity index (χ3n) is 7.14. The predicted molar refractivity (Wildman–Crippen MR) is 138 cm³/mol. The Morgan fingerprint density at radius 2 is 0.792 bits per heavy atom. The first-order chi connectivity index (χ1) is 10.4. The first-order valence-corrected chi connectivity index (χ1v) is 36.8. The van der Waals surface area contributed by atoms with Crippen molar-refractivity contribution < 1.29 is 0 Å². The molecule has 1 heterocycles. The van der Waals surface area contributed by atoms with E-state index in [1.807, 2.05) is 8.18 Å². The van der Waals surface area contributed by atoms with E-state index in [2.05, 4.69) is 90.3 Å². The summed E-state index contributed by atoms with van der Waals surface area (Å²) in [6, 6.07) is 0. The van der Waals surface area contributed by atoms with Crippen LogP contribution in [0.25, 0.3) is 0 Å². The molecule has 1 aliphatic rings. The Labute approximate surface area is 173 Å². The zero-order valence-electron chi connectivity index (χ0n) is 18.6. The van der Waals surface area contributed by atoms with Gasteiger partial charge in [0.25, 0.3) is 0 Å². The van der Waals surface area contributed by atoms with Gasteiger partial charge in [-0.05, 0) is 0 Å². The van der Waals surface area contributed by atoms with Gasteiger partial charge in [-0.2, -0.15) is 0 Å². The van der Waals surface area contributed by atoms with E-state index < -0.39 is 44.6 Å². The maximum atomic E-state index is 2.76. The summed E-state index contributed by atoms with van der Waals surface area (Å²) in [5.41, 5.74) is 0. The normalized spacial score (nSPS) is 23.5. The van der Waals surface area contributed by atoms with Gasteiger partial charge in [-0.15, -0.1) is 0 Å². The van der Waals surface area contributed by atoms with Gasteiger partial charge in [-0.1, -0.05) is 0 Å². The van der Waals surface area contributed by atoms with Crippen molar-refractivity contribution >= 4 is 77.3 Å². The van der Waals surface area contributed by atoms with Crippen molar-refractivity contribution in [1.29, 1.82) is 0 Å². The molecule has 0 bridgehead atoms. The van der Waals surface area contributed by atoms with Gasteiger partial charge in [0.05, 0.1) is 0 Å². The van der Waals surface area contributed by atoms with Crippen molar-refractivity contribution in [3.8, 4) is 0 Å². The molecular weight excluding hydrogens is 520 g/mol. The van der Waals surface area contributed by atoms with Gasteiger partial charge in [0.1, 0.15) is 0 Å². The third kappa shape index (κ3) is 4.53. The molecular formula is C16H44SSi6Te. The van der Waals surface area contributed by atoms with E-state index in [-0.39, 0.29) is 20.9 Å². The zero-order valence-corrected chi connectivity index (χ0v) is 27.8. The number of rotatable bonds is 4. The Bertz CT molecular complexity index is 359. The molecule has 0 nitrogen and oxygen atoms in total. The van der Waals surface area contributed by atoms with Crippen molar-refractivity contribution in [2.24, 2.45) is 0 Å². The van der Waals surface area contributed by atoms with Crippen molar-refractivity contribution in [2.45, 2.75) is 86.7 Å². The Kier molecular flexibility index (Phi) is 7.85. The van der Waals surface area contributed by atoms with Crippen molar-refractivity contribution in [1.82, 2.24) is 0 Å². The Balaban J connectivity index is 3.24. The van der Waals surface area contributed by atoms with Crippen LogP contribution in [0.15, 0.2) is 0 Å². The number of hydrogen-bond acceptors (Lipinski definition) is 1. The summed E-state index contributed by atoms with van der Waals surface area (Å²) < 4.78 is 3.67. The molecule has 0 aromatic carbocycles. The van der Waals surface area contributed by atoms with Gasteiger partial charge in [0.15, 0.2) is 0 Å². The summed E-state index contributed by atoms with van der Waals surface area (Å²) >= 11 is 2.80. The topological polar surface area (TPSA) is 0 Å². The van der Waals surface area contributed by atoms with Gasteiger partial charge < -0.3 is 0 Å². The van der Waals surface area contributed by atoms with Gasteiger partial charge in [0.2, 0.25) is 0 Å². The Hall–Kier alpha value is 2.44. The van der Waals surface area contributed by atoms with Crippen LogP contribution in [0.5, 0.6) is 0 Å². The molecule has 0 aliphatic carbocycles. The predicted octanol–water partition coefficient (Wildman–Crippen LogP) is 5.99. The summed E-state index contributed by atoms with van der Waals surface area (Å²) in [4.78, 5) is 0. The van der Waals surface area contributed by atoms with Crippen LogP contribution < -0.4 is 0 Å². The Morgan fingerprint density at radius 3 is 1.00 bits per heavy atom. The van der Waals surface area contributed by atoms with E-state index in [0.717, 1.165) is 0 Å². The van der Waals surface area contributed by atoms with E-state index in [4.69, 9.17) is 0 Å². The quantitative estimate of drug-likeness (QED) is 0.378. The van der Waals surface area contributed by atoms with E-state index in [0.29, 0.717) is 0 Å². The van der Waals surface area contributed by atoms with Crippen LogP contribution >= 0.6 is 11.8 Å². The zero-order chi connectivity index (χ0) is 19.2. The van der Waals surface area contributed by atoms with Gasteiger partial charge >= 0.3 is 175 Å². The molecule has 0 aromatic heterocycles. The molecule has 0 spiro atoms. The van der Waals surface area contributed by atoms with Crippen molar-refractivity contribution in [3.05, 3.63) is 0 Å². The summed E-state index contributed by atoms with van der Waals surface area (Å²) in [5.74, 6) is 0. The van der Waals surface area contributed by atoms with Gasteiger partial charge in [-0.3, -0.25) is 0 Å². The second-order valence-electron chi connectivity index (χ2n) is 12.1. The van der Waals surface area contributed by atoms with Crippen LogP contribution in [-0.2, 0) is 0 Å². The monoisotopic (exact) mass is 566 g/mol. The molecule has 144 valence electrons. The summed E-state index contributed by atoms with van der Waals surface area (Å²) in [7, 11) is -5.93. The first kappa shape index (κ1) is 24.5. The van der Waals surface area contributed by atoms with Crippen LogP contribution in [0.4, 0.5) is 0 Å². The van der Waals surface area contributed by atoms with Crippen LogP contribution in [0.2, 0.25) is 86.7 Å². The average Bonchev–Trinajstić information content (AvgIpc) is 2.20. The summed E-state index contributed by atoms with van der Waals surface area (Å²) in [5, 5.41) is 3.35. The molecule has 1 rings (SSSR count). The van der Waals surface area contributed by atoms with E-state index >= 15 is 0 Å². The van der Waals surface area contributed by atoms with Gasteiger partial charge in [0, 0.05) is 0 Å². The van der Waals surface area contributed by atoms with Crippen LogP contribution in [-0.4, -0.2) is 76.3 Å². The summed E-state index contributed by atoms with van der Waals surface area (Å²) in [6.45, 7) is 33.1. The second-order valence-corrected chi connectivity index (χ2v) is 76.4. The van der Waals surface area contributed by atoms with Crippen LogP contribution in [0, 0.1) is 0 Å². The van der Waals surface area contributed by atoms with E-state index in [1.165, 1.54) is 0 Å². The number of hydrogen-bond donors (Lipinski definition) is 0. The van der Waals surface area contributed by atoms with Crippen molar-refractivity contribution in [2.75, 3.05) is 10.8 Å². The van der Waals surface area contributed by atoms with Crippen molar-refractivity contribution in [3.63, 3.8) is 0 Å². The summed E-state index contributed by atoms with van der Waals surface area (Å²) in [6.07, 6.45) is 0. The number of thioether (sulfide) groups is 1. The molecule has 0 atom stereocenters. The fourth-order valence-electron chi connectivity index (χ4n) is 4.86. The molecule has 0 saturated carbocycles. The Morgan fingerprint density at radius 1 is 0.542 bits per heavy atom. The SMILES string of the molecule is C[Si](C)(C)[Si]1([Si](C)(C)C)CSC[Si]([Si](C)(C)C)([Si](C)(C)C)C[Te]C1. The molecule has 1 aliphatic heterocycles. The fraction of sp³-hybridized carbons (Fsp3) is 1.00. The molecule has 24 heavy (non-hydrogen) atoms. The average molecular weight is 565 g/mol. The third-order valence-corrected chi connectivity index (χ3v) is 116. The molecule has 0 aromatic rings. The standard InChI is InChI=1S/C16H44SSi6Te/c1-18(2,3)22(19(4,5)6)13-17-14-23(16-24-15-22,20(7,8)9)21(10,11)12/h13-16H2,1-12H3. The van der Waals surface area contributed by atoms with Crippen LogP contribution in [0.1, 0.15) is 0 Å². The molecule has 0 radical (unpaired) electrons. The molecule has 0 amide bonds. The molecule has 0 unspecified atom stereocenters. The minimum absolute atomic E-state index is 0.266. The molecule has 1 saturated heterocycles. The fourth-order valence-corrected chi connectivity index (χ4v) is 168. The van der Waals surface area contributed by atoms with Gasteiger partial charge in [-0.25, -0.2) is 0 Å². The second kappa shape index (κ2) is 7.69. The van der Waals surface area contributed by atoms with Crippen LogP contribution in [0.3, 0.4) is 0 Å². The minimum atomic E-state index is -0.998. The first-order valence-electron chi connectivity index (χ1n) is 9.57. The maximum absolute atomic E-state index is 2.76. The molecule has 1 fully saturated rings. The molecule has 8 heteroatoms. The van der Waals surface area contributed by atoms with E-state index in [1.54, 1.807) is 10.8 Å². The van der Waals surface area contributed by atoms with E-state index in [9.17, 15) is 0 Å².